The number of hydrogen-bond acceptors (Lipinski definition) is 7. The molecule has 1 spiro atoms. The van der Waals surface area contributed by atoms with Crippen molar-refractivity contribution in [3.05, 3.63) is 35.5 Å². The van der Waals surface area contributed by atoms with Gasteiger partial charge in [-0.05, 0) is 69.1 Å². The number of rotatable bonds is 6. The van der Waals surface area contributed by atoms with Gasteiger partial charge in [0, 0.05) is 60.9 Å². The van der Waals surface area contributed by atoms with Gasteiger partial charge in [-0.3, -0.25) is 4.79 Å². The second-order valence-electron chi connectivity index (χ2n) is 11.5. The summed E-state index contributed by atoms with van der Waals surface area (Å²) in [5, 5.41) is 2.78. The van der Waals surface area contributed by atoms with Gasteiger partial charge in [0.25, 0.3) is 11.8 Å². The van der Waals surface area contributed by atoms with Crippen LogP contribution in [-0.4, -0.2) is 57.4 Å². The molecule has 1 amide bonds. The highest BCUT2D eigenvalue weighted by molar-refractivity contribution is 7.93. The number of aryl methyl sites for hydroxylation is 1. The van der Waals surface area contributed by atoms with E-state index in [-0.39, 0.29) is 49.5 Å². The fourth-order valence-corrected chi connectivity index (χ4v) is 7.36. The van der Waals surface area contributed by atoms with Gasteiger partial charge >= 0.3 is 0 Å². The molecule has 1 atom stereocenters. The molecule has 212 valence electrons. The maximum atomic E-state index is 13.6. The lowest BCUT2D eigenvalue weighted by molar-refractivity contribution is -0.0222. The van der Waals surface area contributed by atoms with Crippen molar-refractivity contribution < 1.29 is 17.8 Å². The maximum Gasteiger partial charge on any atom is 0.258 e. The smallest absolute Gasteiger partial charge is 0.258 e. The number of alkyl halides is 2. The summed E-state index contributed by atoms with van der Waals surface area (Å²) in [7, 11) is -2.91. The van der Waals surface area contributed by atoms with Crippen molar-refractivity contribution in [2.45, 2.75) is 74.4 Å². The molecular formula is C27H35ClF2N6O2S. The van der Waals surface area contributed by atoms with Crippen LogP contribution in [0.2, 0.25) is 0 Å². The molecule has 4 aliphatic rings. The second-order valence-corrected chi connectivity index (χ2v) is 13.8. The Morgan fingerprint density at radius 3 is 2.26 bits per heavy atom. The van der Waals surface area contributed by atoms with Crippen molar-refractivity contribution in [1.82, 2.24) is 9.97 Å². The molecule has 2 saturated heterocycles. The molecule has 12 heteroatoms. The average Bonchev–Trinajstić information content (AvgIpc) is 3.80. The first-order valence-electron chi connectivity index (χ1n) is 13.5. The number of hydrogen-bond donors (Lipinski definition) is 2. The van der Waals surface area contributed by atoms with Crippen LogP contribution in [0.1, 0.15) is 67.4 Å². The third kappa shape index (κ3) is 5.84. The second kappa shape index (κ2) is 10.1. The summed E-state index contributed by atoms with van der Waals surface area (Å²) >= 11 is 0. The van der Waals surface area contributed by atoms with E-state index in [4.69, 9.17) is 4.78 Å². The summed E-state index contributed by atoms with van der Waals surface area (Å²) in [6.45, 7) is 3.73. The molecule has 6 rings (SSSR count). The zero-order valence-electron chi connectivity index (χ0n) is 22.0. The fourth-order valence-electron chi connectivity index (χ4n) is 5.62. The van der Waals surface area contributed by atoms with E-state index in [0.29, 0.717) is 39.0 Å². The molecule has 3 heterocycles. The van der Waals surface area contributed by atoms with E-state index in [9.17, 15) is 17.8 Å². The predicted molar refractivity (Wildman–Crippen MR) is 150 cm³/mol. The van der Waals surface area contributed by atoms with Crippen LogP contribution in [0.4, 0.5) is 26.2 Å². The van der Waals surface area contributed by atoms with Crippen molar-refractivity contribution >= 4 is 45.5 Å². The van der Waals surface area contributed by atoms with E-state index < -0.39 is 15.7 Å². The number of amides is 1. The molecule has 2 aromatic rings. The van der Waals surface area contributed by atoms with Crippen LogP contribution in [0.5, 0.6) is 0 Å². The summed E-state index contributed by atoms with van der Waals surface area (Å²) in [5.74, 6) is -2.39. The minimum Gasteiger partial charge on any atom is -0.371 e. The largest absolute Gasteiger partial charge is 0.371 e. The first-order valence-corrected chi connectivity index (χ1v) is 15.1. The van der Waals surface area contributed by atoms with Gasteiger partial charge in [0.2, 0.25) is 5.95 Å². The normalized spacial score (nSPS) is 23.1. The quantitative estimate of drug-likeness (QED) is 0.458. The van der Waals surface area contributed by atoms with Gasteiger partial charge in [0.15, 0.2) is 0 Å². The molecule has 39 heavy (non-hydrogen) atoms. The lowest BCUT2D eigenvalue weighted by atomic mass is 9.93. The van der Waals surface area contributed by atoms with E-state index in [1.807, 2.05) is 0 Å². The summed E-state index contributed by atoms with van der Waals surface area (Å²) in [6.07, 6.45) is 5.77. The standard InChI is InChI=1S/C27H34F2N6O2S.ClH/c1-18-16-23(33-25(31-18)35-14-10-27(28,29)11-15-35)32-24(36)21-5-4-20(38(30,37)19-2-3-19)17-22(21)34-12-8-26(6-7-26)9-13-34;/h4-5,16-17,19,30H,2-3,6-15H2,1H3,(H,31,32,33,36);1H/t38-;/m1./s1. The number of halogens is 3. The van der Waals surface area contributed by atoms with Gasteiger partial charge in [-0.2, -0.15) is 4.98 Å². The molecule has 1 aromatic carbocycles. The molecule has 2 saturated carbocycles. The third-order valence-corrected chi connectivity index (χ3v) is 10.9. The van der Waals surface area contributed by atoms with Crippen LogP contribution < -0.4 is 15.1 Å². The Balaban J connectivity index is 0.00000308. The number of nitrogens with zero attached hydrogens (tertiary/aromatic N) is 4. The van der Waals surface area contributed by atoms with Crippen molar-refractivity contribution in [3.8, 4) is 0 Å². The van der Waals surface area contributed by atoms with Gasteiger partial charge in [-0.15, -0.1) is 12.4 Å². The van der Waals surface area contributed by atoms with Crippen LogP contribution in [0.3, 0.4) is 0 Å². The van der Waals surface area contributed by atoms with Crippen LogP contribution in [0.25, 0.3) is 0 Å². The summed E-state index contributed by atoms with van der Waals surface area (Å²) < 4.78 is 49.0. The zero-order chi connectivity index (χ0) is 26.7. The summed E-state index contributed by atoms with van der Waals surface area (Å²) in [4.78, 5) is 26.9. The van der Waals surface area contributed by atoms with Crippen molar-refractivity contribution in [2.24, 2.45) is 5.41 Å². The number of carbonyl (C=O) groups is 1. The average molecular weight is 581 g/mol. The first kappa shape index (κ1) is 28.0. The summed E-state index contributed by atoms with van der Waals surface area (Å²) in [5.41, 5.74) is 2.24. The highest BCUT2D eigenvalue weighted by Gasteiger charge is 2.45. The molecule has 0 radical (unpaired) electrons. The fraction of sp³-hybridized carbons (Fsp3) is 0.593. The Morgan fingerprint density at radius 2 is 1.64 bits per heavy atom. The lowest BCUT2D eigenvalue weighted by Gasteiger charge is -2.35. The van der Waals surface area contributed by atoms with Gasteiger partial charge in [-0.25, -0.2) is 22.8 Å². The molecule has 1 aromatic heterocycles. The predicted octanol–water partition coefficient (Wildman–Crippen LogP) is 5.64. The molecular weight excluding hydrogens is 546 g/mol. The first-order chi connectivity index (χ1) is 18.0. The number of anilines is 3. The van der Waals surface area contributed by atoms with Crippen LogP contribution in [0, 0.1) is 17.1 Å². The van der Waals surface area contributed by atoms with E-state index in [1.165, 1.54) is 12.8 Å². The number of aromatic nitrogens is 2. The molecule has 2 aliphatic heterocycles. The monoisotopic (exact) mass is 580 g/mol. The van der Waals surface area contributed by atoms with Gasteiger partial charge in [0.1, 0.15) is 5.82 Å². The number of benzene rings is 1. The summed E-state index contributed by atoms with van der Waals surface area (Å²) in [6, 6.07) is 6.79. The van der Waals surface area contributed by atoms with Crippen molar-refractivity contribution in [2.75, 3.05) is 41.3 Å². The minimum absolute atomic E-state index is 0. The Bertz CT molecular complexity index is 1360. The number of piperidine rings is 2. The third-order valence-electron chi connectivity index (χ3n) is 8.54. The van der Waals surface area contributed by atoms with E-state index >= 15 is 0 Å². The Hall–Kier alpha value is -2.53. The number of nitrogens with one attached hydrogen (secondary N) is 2. The van der Waals surface area contributed by atoms with E-state index in [0.717, 1.165) is 38.8 Å². The topological polar surface area (TPSA) is 102 Å². The molecule has 4 fully saturated rings. The van der Waals surface area contributed by atoms with Gasteiger partial charge in [-0.1, -0.05) is 0 Å². The van der Waals surface area contributed by atoms with E-state index in [1.54, 1.807) is 36.1 Å². The number of carbonyl (C=O) groups excluding carboxylic acids is 1. The van der Waals surface area contributed by atoms with Gasteiger partial charge in [0.05, 0.1) is 21.0 Å². The molecule has 2 aliphatic carbocycles. The minimum atomic E-state index is -2.91. The van der Waals surface area contributed by atoms with Crippen LogP contribution in [-0.2, 0) is 9.73 Å². The van der Waals surface area contributed by atoms with Gasteiger partial charge < -0.3 is 15.1 Å². The molecule has 0 bridgehead atoms. The highest BCUT2D eigenvalue weighted by Crippen LogP contribution is 2.54. The highest BCUT2D eigenvalue weighted by atomic mass is 35.5. The Kier molecular flexibility index (Phi) is 7.28. The van der Waals surface area contributed by atoms with E-state index in [2.05, 4.69) is 20.2 Å². The molecule has 8 nitrogen and oxygen atoms in total. The SMILES string of the molecule is Cc1cc(NC(=O)c2ccc([S@](=N)(=O)C3CC3)cc2N2CCC3(CC2)CC3)nc(N2CCC(F)(F)CC2)n1.Cl. The Labute approximate surface area is 234 Å². The Morgan fingerprint density at radius 1 is 1.00 bits per heavy atom. The van der Waals surface area contributed by atoms with Crippen molar-refractivity contribution in [1.29, 1.82) is 4.78 Å². The van der Waals surface area contributed by atoms with Crippen LogP contribution in [0.15, 0.2) is 29.2 Å². The molecule has 0 unspecified atom stereocenters. The zero-order valence-corrected chi connectivity index (χ0v) is 23.7. The lowest BCUT2D eigenvalue weighted by Crippen LogP contribution is -2.40. The maximum absolute atomic E-state index is 13.6. The van der Waals surface area contributed by atoms with Crippen molar-refractivity contribution in [3.63, 3.8) is 0 Å². The molecule has 2 N–H and O–H groups in total. The van der Waals surface area contributed by atoms with Crippen LogP contribution >= 0.6 is 12.4 Å².